The normalized spacial score (nSPS) is 18.0. The van der Waals surface area contributed by atoms with Crippen LogP contribution in [-0.2, 0) is 12.0 Å². The number of hydrogen-bond donors (Lipinski definition) is 1. The minimum Gasteiger partial charge on any atom is -0.337 e. The summed E-state index contributed by atoms with van der Waals surface area (Å²) in [6, 6.07) is 2.18. The van der Waals surface area contributed by atoms with Crippen LogP contribution in [0.5, 0.6) is 0 Å². The first kappa shape index (κ1) is 17.4. The Kier molecular flexibility index (Phi) is 4.53. The van der Waals surface area contributed by atoms with Crippen molar-refractivity contribution in [3.8, 4) is 0 Å². The molecule has 25 heavy (non-hydrogen) atoms. The highest BCUT2D eigenvalue weighted by Crippen LogP contribution is 2.23. The molecule has 0 spiro atoms. The van der Waals surface area contributed by atoms with Gasteiger partial charge in [-0.2, -0.15) is 10.1 Å². The fourth-order valence-corrected chi connectivity index (χ4v) is 3.04. The highest BCUT2D eigenvalue weighted by Gasteiger charge is 2.29. The Balaban J connectivity index is 1.54. The van der Waals surface area contributed by atoms with Crippen molar-refractivity contribution in [1.82, 2.24) is 30.1 Å². The van der Waals surface area contributed by atoms with E-state index in [0.717, 1.165) is 17.8 Å². The van der Waals surface area contributed by atoms with Crippen LogP contribution in [0.15, 0.2) is 10.6 Å². The average molecular weight is 346 g/mol. The number of likely N-dealkylation sites (tertiary alicyclic amines) is 1. The lowest BCUT2D eigenvalue weighted by atomic mass is 9.96. The number of amides is 2. The summed E-state index contributed by atoms with van der Waals surface area (Å²) in [6.07, 6.45) is 0.907. The van der Waals surface area contributed by atoms with Crippen LogP contribution in [0.25, 0.3) is 0 Å². The topological polar surface area (TPSA) is 89.1 Å². The second-order valence-electron chi connectivity index (χ2n) is 7.68. The first-order valence-electron chi connectivity index (χ1n) is 8.62. The molecule has 3 heterocycles. The first-order valence-corrected chi connectivity index (χ1v) is 8.62. The van der Waals surface area contributed by atoms with Gasteiger partial charge in [-0.3, -0.25) is 4.68 Å². The third-order valence-electron chi connectivity index (χ3n) is 4.37. The summed E-state index contributed by atoms with van der Waals surface area (Å²) in [5, 5.41) is 11.4. The van der Waals surface area contributed by atoms with Crippen LogP contribution in [0.2, 0.25) is 0 Å². The molecule has 0 saturated carbocycles. The molecule has 0 aromatic carbocycles. The summed E-state index contributed by atoms with van der Waals surface area (Å²) in [5.41, 5.74) is 1.96. The molecular formula is C17H26N6O2. The quantitative estimate of drug-likeness (QED) is 0.921. The number of carbonyl (C=O) groups is 1. The van der Waals surface area contributed by atoms with Crippen LogP contribution in [0.3, 0.4) is 0 Å². The third kappa shape index (κ3) is 3.83. The number of nitrogens with one attached hydrogen (secondary N) is 1. The van der Waals surface area contributed by atoms with Crippen LogP contribution in [0, 0.1) is 13.8 Å². The molecular weight excluding hydrogens is 320 g/mol. The van der Waals surface area contributed by atoms with E-state index < -0.39 is 0 Å². The molecule has 1 saturated heterocycles. The van der Waals surface area contributed by atoms with Crippen LogP contribution < -0.4 is 5.32 Å². The minimum atomic E-state index is -0.173. The van der Waals surface area contributed by atoms with E-state index in [-0.39, 0.29) is 24.0 Å². The van der Waals surface area contributed by atoms with Gasteiger partial charge in [0.2, 0.25) is 5.89 Å². The lowest BCUT2D eigenvalue weighted by molar-refractivity contribution is 0.204. The van der Waals surface area contributed by atoms with E-state index in [1.807, 2.05) is 44.2 Å². The molecule has 1 N–H and O–H groups in total. The molecule has 2 aromatic heterocycles. The van der Waals surface area contributed by atoms with Gasteiger partial charge in [0.05, 0.1) is 18.3 Å². The summed E-state index contributed by atoms with van der Waals surface area (Å²) in [6.45, 7) is 11.7. The molecule has 2 aromatic rings. The number of hydrogen-bond acceptors (Lipinski definition) is 5. The van der Waals surface area contributed by atoms with Crippen molar-refractivity contribution in [3.63, 3.8) is 0 Å². The fourth-order valence-electron chi connectivity index (χ4n) is 3.04. The maximum atomic E-state index is 12.4. The van der Waals surface area contributed by atoms with E-state index in [0.29, 0.717) is 24.8 Å². The van der Waals surface area contributed by atoms with Crippen molar-refractivity contribution < 1.29 is 9.32 Å². The Hall–Kier alpha value is -2.38. The van der Waals surface area contributed by atoms with Gasteiger partial charge in [0.25, 0.3) is 0 Å². The first-order chi connectivity index (χ1) is 11.7. The standard InChI is InChI=1S/C17H26N6O2/c1-11-8-12(2)23(20-11)13-6-7-22(10-13)16(24)18-9-14-19-15(21-25-14)17(3,4)5/h8,13H,6-7,9-10H2,1-5H3,(H,18,24)/t13-/m0/s1. The van der Waals surface area contributed by atoms with Gasteiger partial charge in [-0.05, 0) is 26.3 Å². The zero-order chi connectivity index (χ0) is 18.2. The van der Waals surface area contributed by atoms with Gasteiger partial charge in [0, 0.05) is 24.2 Å². The Bertz CT molecular complexity index is 758. The van der Waals surface area contributed by atoms with Crippen LogP contribution >= 0.6 is 0 Å². The zero-order valence-electron chi connectivity index (χ0n) is 15.5. The number of nitrogens with zero attached hydrogens (tertiary/aromatic N) is 5. The summed E-state index contributed by atoms with van der Waals surface area (Å²) < 4.78 is 7.23. The number of rotatable bonds is 3. The maximum absolute atomic E-state index is 12.4. The monoisotopic (exact) mass is 346 g/mol. The van der Waals surface area contributed by atoms with Crippen molar-refractivity contribution in [2.45, 2.75) is 59.0 Å². The number of aryl methyl sites for hydroxylation is 2. The third-order valence-corrected chi connectivity index (χ3v) is 4.37. The highest BCUT2D eigenvalue weighted by atomic mass is 16.5. The summed E-state index contributed by atoms with van der Waals surface area (Å²) in [7, 11) is 0. The van der Waals surface area contributed by atoms with Crippen LogP contribution in [0.4, 0.5) is 4.79 Å². The molecule has 1 aliphatic rings. The molecule has 1 atom stereocenters. The van der Waals surface area contributed by atoms with Gasteiger partial charge in [-0.1, -0.05) is 25.9 Å². The van der Waals surface area contributed by atoms with E-state index >= 15 is 0 Å². The lowest BCUT2D eigenvalue weighted by Crippen LogP contribution is -2.38. The fraction of sp³-hybridized carbons (Fsp3) is 0.647. The molecule has 0 unspecified atom stereocenters. The Morgan fingerprint density at radius 1 is 1.40 bits per heavy atom. The predicted octanol–water partition coefficient (Wildman–Crippen LogP) is 2.34. The number of urea groups is 1. The van der Waals surface area contributed by atoms with Crippen LogP contribution in [-0.4, -0.2) is 43.9 Å². The van der Waals surface area contributed by atoms with Crippen molar-refractivity contribution in [2.75, 3.05) is 13.1 Å². The molecule has 3 rings (SSSR count). The van der Waals surface area contributed by atoms with Crippen molar-refractivity contribution >= 4 is 6.03 Å². The van der Waals surface area contributed by atoms with Crippen molar-refractivity contribution in [2.24, 2.45) is 0 Å². The molecule has 8 nitrogen and oxygen atoms in total. The molecule has 0 radical (unpaired) electrons. The predicted molar refractivity (Wildman–Crippen MR) is 92.2 cm³/mol. The highest BCUT2D eigenvalue weighted by molar-refractivity contribution is 5.74. The van der Waals surface area contributed by atoms with Gasteiger partial charge in [-0.25, -0.2) is 4.79 Å². The van der Waals surface area contributed by atoms with E-state index in [9.17, 15) is 4.79 Å². The van der Waals surface area contributed by atoms with E-state index in [2.05, 4.69) is 26.6 Å². The van der Waals surface area contributed by atoms with Crippen molar-refractivity contribution in [3.05, 3.63) is 29.2 Å². The van der Waals surface area contributed by atoms with E-state index in [1.54, 1.807) is 0 Å². The number of carbonyl (C=O) groups excluding carboxylic acids is 1. The van der Waals surface area contributed by atoms with E-state index in [4.69, 9.17) is 4.52 Å². The molecule has 0 bridgehead atoms. The van der Waals surface area contributed by atoms with E-state index in [1.165, 1.54) is 0 Å². The molecule has 1 aliphatic heterocycles. The molecule has 0 aliphatic carbocycles. The summed E-state index contributed by atoms with van der Waals surface area (Å²) in [5.74, 6) is 1.06. The lowest BCUT2D eigenvalue weighted by Gasteiger charge is -2.17. The van der Waals surface area contributed by atoms with Crippen molar-refractivity contribution in [1.29, 1.82) is 0 Å². The molecule has 1 fully saturated rings. The smallest absolute Gasteiger partial charge is 0.317 e. The zero-order valence-corrected chi connectivity index (χ0v) is 15.5. The van der Waals surface area contributed by atoms with Gasteiger partial charge in [0.15, 0.2) is 5.82 Å². The second-order valence-corrected chi connectivity index (χ2v) is 7.68. The Morgan fingerprint density at radius 2 is 2.16 bits per heavy atom. The Morgan fingerprint density at radius 3 is 2.76 bits per heavy atom. The minimum absolute atomic E-state index is 0.112. The summed E-state index contributed by atoms with van der Waals surface area (Å²) in [4.78, 5) is 18.5. The van der Waals surface area contributed by atoms with Gasteiger partial charge >= 0.3 is 6.03 Å². The Labute approximate surface area is 147 Å². The number of aromatic nitrogens is 4. The van der Waals surface area contributed by atoms with Gasteiger partial charge < -0.3 is 14.7 Å². The average Bonchev–Trinajstić information content (AvgIpc) is 3.23. The maximum Gasteiger partial charge on any atom is 0.317 e. The largest absolute Gasteiger partial charge is 0.337 e. The second kappa shape index (κ2) is 6.50. The molecule has 8 heteroatoms. The van der Waals surface area contributed by atoms with Gasteiger partial charge in [-0.15, -0.1) is 0 Å². The molecule has 136 valence electrons. The van der Waals surface area contributed by atoms with Crippen LogP contribution in [0.1, 0.15) is 56.3 Å². The summed E-state index contributed by atoms with van der Waals surface area (Å²) >= 11 is 0. The molecule has 2 amide bonds. The van der Waals surface area contributed by atoms with Gasteiger partial charge in [0.1, 0.15) is 0 Å². The SMILES string of the molecule is Cc1cc(C)n([C@H]2CCN(C(=O)NCc3nc(C(C)(C)C)no3)C2)n1.